The van der Waals surface area contributed by atoms with E-state index in [9.17, 15) is 4.79 Å². The second-order valence-electron chi connectivity index (χ2n) is 2.72. The summed E-state index contributed by atoms with van der Waals surface area (Å²) in [5.41, 5.74) is 0. The predicted octanol–water partition coefficient (Wildman–Crippen LogP) is 2.91. The third-order valence-electron chi connectivity index (χ3n) is 1.68. The lowest BCUT2D eigenvalue weighted by Crippen LogP contribution is -1.97. The topological polar surface area (TPSA) is 30.0 Å². The number of carbonyl (C=O) groups excluding carboxylic acids is 1. The van der Waals surface area contributed by atoms with Gasteiger partial charge < -0.3 is 0 Å². The van der Waals surface area contributed by atoms with Gasteiger partial charge in [0.1, 0.15) is 0 Å². The molecule has 1 rings (SSSR count). The molecule has 66 valence electrons. The fraction of sp³-hybridized carbons (Fsp3) is 0.556. The van der Waals surface area contributed by atoms with E-state index in [1.165, 1.54) is 11.3 Å². The van der Waals surface area contributed by atoms with Gasteiger partial charge in [-0.25, -0.2) is 4.98 Å². The van der Waals surface area contributed by atoms with Crippen LogP contribution in [0.3, 0.4) is 0 Å². The zero-order chi connectivity index (χ0) is 8.81. The van der Waals surface area contributed by atoms with Crippen LogP contribution in [0.15, 0.2) is 11.6 Å². The fourth-order valence-electron chi connectivity index (χ4n) is 1.00. The molecule has 0 bridgehead atoms. The number of nitrogens with zero attached hydrogens (tertiary/aromatic N) is 1. The standard InChI is InChI=1S/C9H13NOS/c1-2-3-4-5-8(11)9-10-6-7-12-9/h6-7H,2-5H2,1H3. The monoisotopic (exact) mass is 183 g/mol. The molecule has 1 heterocycles. The third-order valence-corrected chi connectivity index (χ3v) is 2.49. The Bertz CT molecular complexity index is 231. The number of hydrogen-bond acceptors (Lipinski definition) is 3. The molecular weight excluding hydrogens is 170 g/mol. The molecule has 0 aliphatic rings. The van der Waals surface area contributed by atoms with Crippen LogP contribution < -0.4 is 0 Å². The van der Waals surface area contributed by atoms with Gasteiger partial charge in [-0.2, -0.15) is 0 Å². The van der Waals surface area contributed by atoms with Crippen molar-refractivity contribution in [2.75, 3.05) is 0 Å². The van der Waals surface area contributed by atoms with Crippen molar-refractivity contribution in [2.24, 2.45) is 0 Å². The van der Waals surface area contributed by atoms with Gasteiger partial charge in [-0.15, -0.1) is 11.3 Å². The molecule has 0 saturated heterocycles. The first-order valence-corrected chi connectivity index (χ1v) is 5.15. The van der Waals surface area contributed by atoms with Gasteiger partial charge in [0.2, 0.25) is 0 Å². The van der Waals surface area contributed by atoms with Crippen LogP contribution in [0.5, 0.6) is 0 Å². The lowest BCUT2D eigenvalue weighted by atomic mass is 10.1. The van der Waals surface area contributed by atoms with Gasteiger partial charge in [-0.1, -0.05) is 19.8 Å². The summed E-state index contributed by atoms with van der Waals surface area (Å²) >= 11 is 1.43. The lowest BCUT2D eigenvalue weighted by molar-refractivity contribution is 0.0979. The molecule has 0 spiro atoms. The molecule has 0 aliphatic carbocycles. The zero-order valence-corrected chi connectivity index (χ0v) is 8.06. The van der Waals surface area contributed by atoms with Crippen molar-refractivity contribution in [1.29, 1.82) is 0 Å². The van der Waals surface area contributed by atoms with Gasteiger partial charge >= 0.3 is 0 Å². The van der Waals surface area contributed by atoms with E-state index >= 15 is 0 Å². The highest BCUT2D eigenvalue weighted by Crippen LogP contribution is 2.10. The highest BCUT2D eigenvalue weighted by atomic mass is 32.1. The van der Waals surface area contributed by atoms with Gasteiger partial charge in [-0.05, 0) is 6.42 Å². The van der Waals surface area contributed by atoms with E-state index in [-0.39, 0.29) is 5.78 Å². The smallest absolute Gasteiger partial charge is 0.191 e. The molecule has 1 aromatic rings. The summed E-state index contributed by atoms with van der Waals surface area (Å²) < 4.78 is 0. The minimum Gasteiger partial charge on any atom is -0.292 e. The Hall–Kier alpha value is -0.700. The van der Waals surface area contributed by atoms with Crippen LogP contribution in [0.2, 0.25) is 0 Å². The van der Waals surface area contributed by atoms with Crippen LogP contribution in [-0.4, -0.2) is 10.8 Å². The van der Waals surface area contributed by atoms with Crippen molar-refractivity contribution in [3.63, 3.8) is 0 Å². The number of Topliss-reactive ketones (excluding diaryl/α,β-unsaturated/α-hetero) is 1. The van der Waals surface area contributed by atoms with Crippen molar-refractivity contribution in [2.45, 2.75) is 32.6 Å². The predicted molar refractivity (Wildman–Crippen MR) is 50.6 cm³/mol. The maximum Gasteiger partial charge on any atom is 0.191 e. The van der Waals surface area contributed by atoms with E-state index < -0.39 is 0 Å². The number of unbranched alkanes of at least 4 members (excludes halogenated alkanes) is 2. The highest BCUT2D eigenvalue weighted by molar-refractivity contribution is 7.11. The minimum atomic E-state index is 0.193. The lowest BCUT2D eigenvalue weighted by Gasteiger charge is -1.94. The molecule has 0 atom stereocenters. The van der Waals surface area contributed by atoms with E-state index in [1.807, 2.05) is 5.38 Å². The SMILES string of the molecule is CCCCCC(=O)c1nccs1. The van der Waals surface area contributed by atoms with Crippen molar-refractivity contribution in [1.82, 2.24) is 4.98 Å². The number of hydrogen-bond donors (Lipinski definition) is 0. The second-order valence-corrected chi connectivity index (χ2v) is 3.61. The van der Waals surface area contributed by atoms with E-state index in [4.69, 9.17) is 0 Å². The number of thiazole rings is 1. The molecule has 3 heteroatoms. The largest absolute Gasteiger partial charge is 0.292 e. The first kappa shape index (κ1) is 9.39. The van der Waals surface area contributed by atoms with E-state index in [1.54, 1.807) is 6.20 Å². The summed E-state index contributed by atoms with van der Waals surface area (Å²) in [6, 6.07) is 0. The third kappa shape index (κ3) is 2.74. The molecule has 0 radical (unpaired) electrons. The van der Waals surface area contributed by atoms with E-state index in [0.717, 1.165) is 19.3 Å². The summed E-state index contributed by atoms with van der Waals surface area (Å²) in [5.74, 6) is 0.193. The van der Waals surface area contributed by atoms with Crippen LogP contribution in [0.4, 0.5) is 0 Å². The summed E-state index contributed by atoms with van der Waals surface area (Å²) in [5, 5.41) is 2.50. The van der Waals surface area contributed by atoms with Crippen molar-refractivity contribution < 1.29 is 4.79 Å². The molecule has 0 N–H and O–H groups in total. The summed E-state index contributed by atoms with van der Waals surface area (Å²) in [6.07, 6.45) is 5.62. The minimum absolute atomic E-state index is 0.193. The van der Waals surface area contributed by atoms with Gasteiger partial charge in [0.25, 0.3) is 0 Å². The number of aromatic nitrogens is 1. The Labute approximate surface area is 76.6 Å². The highest BCUT2D eigenvalue weighted by Gasteiger charge is 2.06. The van der Waals surface area contributed by atoms with Crippen LogP contribution >= 0.6 is 11.3 Å². The van der Waals surface area contributed by atoms with Gasteiger partial charge in [-0.3, -0.25) is 4.79 Å². The number of ketones is 1. The Balaban J connectivity index is 2.30. The quantitative estimate of drug-likeness (QED) is 0.519. The number of carbonyl (C=O) groups is 1. The Kier molecular flexibility index (Phi) is 3.94. The van der Waals surface area contributed by atoms with Crippen LogP contribution in [0.1, 0.15) is 42.4 Å². The van der Waals surface area contributed by atoms with Crippen molar-refractivity contribution >= 4 is 17.1 Å². The summed E-state index contributed by atoms with van der Waals surface area (Å²) in [6.45, 7) is 2.13. The molecule has 1 aromatic heterocycles. The first-order valence-electron chi connectivity index (χ1n) is 4.27. The Morgan fingerprint density at radius 1 is 1.58 bits per heavy atom. The van der Waals surface area contributed by atoms with Gasteiger partial charge in [0.05, 0.1) is 0 Å². The molecule has 0 amide bonds. The normalized spacial score (nSPS) is 10.1. The second kappa shape index (κ2) is 5.04. The molecule has 0 unspecified atom stereocenters. The molecule has 0 saturated carbocycles. The van der Waals surface area contributed by atoms with Crippen molar-refractivity contribution in [3.05, 3.63) is 16.6 Å². The summed E-state index contributed by atoms with van der Waals surface area (Å²) in [7, 11) is 0. The van der Waals surface area contributed by atoms with E-state index in [0.29, 0.717) is 11.4 Å². The number of rotatable bonds is 5. The molecular formula is C9H13NOS. The van der Waals surface area contributed by atoms with Gasteiger partial charge in [0, 0.05) is 18.0 Å². The maximum atomic E-state index is 11.3. The van der Waals surface area contributed by atoms with Gasteiger partial charge in [0.15, 0.2) is 10.8 Å². The van der Waals surface area contributed by atoms with E-state index in [2.05, 4.69) is 11.9 Å². The Morgan fingerprint density at radius 3 is 3.00 bits per heavy atom. The molecule has 0 fully saturated rings. The molecule has 0 aromatic carbocycles. The Morgan fingerprint density at radius 2 is 2.42 bits per heavy atom. The zero-order valence-electron chi connectivity index (χ0n) is 7.25. The molecule has 0 aliphatic heterocycles. The van der Waals surface area contributed by atoms with Crippen LogP contribution in [0, 0.1) is 0 Å². The summed E-state index contributed by atoms with van der Waals surface area (Å²) in [4.78, 5) is 15.3. The average Bonchev–Trinajstić information content (AvgIpc) is 2.56. The van der Waals surface area contributed by atoms with Crippen LogP contribution in [0.25, 0.3) is 0 Å². The fourth-order valence-corrected chi connectivity index (χ4v) is 1.61. The molecule has 12 heavy (non-hydrogen) atoms. The first-order chi connectivity index (χ1) is 5.84. The van der Waals surface area contributed by atoms with Crippen LogP contribution in [-0.2, 0) is 0 Å². The average molecular weight is 183 g/mol. The molecule has 2 nitrogen and oxygen atoms in total. The van der Waals surface area contributed by atoms with Crippen molar-refractivity contribution in [3.8, 4) is 0 Å². The maximum absolute atomic E-state index is 11.3.